The topological polar surface area (TPSA) is 76.2 Å². The standard InChI is InChI=1S/C25H30ClN5O3/c1-3-7-21-24(33)29(15-19-10-12-20(26)13-11-19)16-22-30(21)23(32)17-28(2)31(22)25(34)27-14-18-8-5-4-6-9-18/h4-6,8-13,21-22H,3,7,14-17H2,1-2H3,(H,27,34)/t21-,22?/m0/s1. The first kappa shape index (κ1) is 24.0. The third kappa shape index (κ3) is 5.03. The van der Waals surface area contributed by atoms with Gasteiger partial charge in [0.15, 0.2) is 0 Å². The number of benzene rings is 2. The minimum Gasteiger partial charge on any atom is -0.333 e. The van der Waals surface area contributed by atoms with Crippen molar-refractivity contribution in [2.24, 2.45) is 0 Å². The van der Waals surface area contributed by atoms with E-state index in [0.29, 0.717) is 24.5 Å². The Hall–Kier alpha value is -3.10. The molecule has 2 heterocycles. The van der Waals surface area contributed by atoms with Crippen LogP contribution in [0.4, 0.5) is 4.79 Å². The van der Waals surface area contributed by atoms with Crippen LogP contribution in [0.1, 0.15) is 30.9 Å². The van der Waals surface area contributed by atoms with E-state index in [1.165, 1.54) is 0 Å². The minimum atomic E-state index is -0.596. The van der Waals surface area contributed by atoms with Gasteiger partial charge in [-0.15, -0.1) is 0 Å². The number of nitrogens with zero attached hydrogens (tertiary/aromatic N) is 4. The van der Waals surface area contributed by atoms with Gasteiger partial charge in [0, 0.05) is 25.2 Å². The molecule has 0 saturated carbocycles. The summed E-state index contributed by atoms with van der Waals surface area (Å²) in [6.07, 6.45) is 0.711. The number of fused-ring (bicyclic) bond motifs is 1. The molecule has 2 aliphatic rings. The summed E-state index contributed by atoms with van der Waals surface area (Å²) in [5.74, 6) is -0.229. The molecule has 0 bridgehead atoms. The zero-order valence-corrected chi connectivity index (χ0v) is 20.2. The van der Waals surface area contributed by atoms with Crippen LogP contribution in [0, 0.1) is 0 Å². The lowest BCUT2D eigenvalue weighted by Crippen LogP contribution is -2.75. The fraction of sp³-hybridized carbons (Fsp3) is 0.400. The van der Waals surface area contributed by atoms with Crippen molar-refractivity contribution in [2.45, 2.75) is 45.1 Å². The van der Waals surface area contributed by atoms with Crippen molar-refractivity contribution in [3.05, 3.63) is 70.7 Å². The number of likely N-dealkylation sites (N-methyl/N-ethyl adjacent to an activating group) is 1. The summed E-state index contributed by atoms with van der Waals surface area (Å²) < 4.78 is 0. The molecule has 2 saturated heterocycles. The number of amides is 4. The molecule has 2 aliphatic heterocycles. The van der Waals surface area contributed by atoms with Crippen LogP contribution in [0.15, 0.2) is 54.6 Å². The second kappa shape index (κ2) is 10.4. The van der Waals surface area contributed by atoms with Crippen molar-refractivity contribution in [1.82, 2.24) is 25.1 Å². The molecule has 0 radical (unpaired) electrons. The fourth-order valence-corrected chi connectivity index (χ4v) is 4.79. The number of carbonyl (C=O) groups is 3. The number of hydrogen-bond donors (Lipinski definition) is 1. The highest BCUT2D eigenvalue weighted by atomic mass is 35.5. The second-order valence-electron chi connectivity index (χ2n) is 8.74. The Morgan fingerprint density at radius 1 is 1.06 bits per heavy atom. The number of urea groups is 1. The molecule has 0 spiro atoms. The summed E-state index contributed by atoms with van der Waals surface area (Å²) in [5, 5.41) is 6.81. The molecule has 180 valence electrons. The molecule has 0 aromatic heterocycles. The highest BCUT2D eigenvalue weighted by molar-refractivity contribution is 6.30. The number of carbonyl (C=O) groups excluding carboxylic acids is 3. The van der Waals surface area contributed by atoms with Crippen molar-refractivity contribution in [1.29, 1.82) is 0 Å². The van der Waals surface area contributed by atoms with Crippen molar-refractivity contribution >= 4 is 29.4 Å². The monoisotopic (exact) mass is 483 g/mol. The highest BCUT2D eigenvalue weighted by Gasteiger charge is 2.50. The number of nitrogens with one attached hydrogen (secondary N) is 1. The highest BCUT2D eigenvalue weighted by Crippen LogP contribution is 2.29. The summed E-state index contributed by atoms with van der Waals surface area (Å²) in [5.41, 5.74) is 1.92. The zero-order chi connectivity index (χ0) is 24.2. The SMILES string of the molecule is CCC[C@H]1C(=O)N(Cc2ccc(Cl)cc2)CC2N1C(=O)CN(C)N2C(=O)NCc1ccccc1. The van der Waals surface area contributed by atoms with Crippen LogP contribution in [-0.2, 0) is 22.7 Å². The van der Waals surface area contributed by atoms with Crippen LogP contribution in [0.3, 0.4) is 0 Å². The van der Waals surface area contributed by atoms with Crippen LogP contribution < -0.4 is 5.32 Å². The Bertz CT molecular complexity index is 1030. The molecule has 4 amide bonds. The minimum absolute atomic E-state index is 0.0416. The maximum Gasteiger partial charge on any atom is 0.334 e. The van der Waals surface area contributed by atoms with Gasteiger partial charge in [-0.1, -0.05) is 67.4 Å². The summed E-state index contributed by atoms with van der Waals surface area (Å²) in [6, 6.07) is 16.1. The quantitative estimate of drug-likeness (QED) is 0.685. The second-order valence-corrected chi connectivity index (χ2v) is 9.17. The third-order valence-electron chi connectivity index (χ3n) is 6.28. The average Bonchev–Trinajstić information content (AvgIpc) is 2.82. The van der Waals surface area contributed by atoms with Crippen LogP contribution >= 0.6 is 11.6 Å². The number of rotatable bonds is 6. The normalized spacial score (nSPS) is 21.0. The number of hydrazine groups is 1. The Morgan fingerprint density at radius 2 is 1.76 bits per heavy atom. The molecule has 4 rings (SSSR count). The van der Waals surface area contributed by atoms with Crippen LogP contribution in [0.5, 0.6) is 0 Å². The first-order valence-electron chi connectivity index (χ1n) is 11.6. The number of piperazine rings is 1. The molecule has 2 atom stereocenters. The zero-order valence-electron chi connectivity index (χ0n) is 19.5. The van der Waals surface area contributed by atoms with E-state index in [1.54, 1.807) is 39.0 Å². The molecule has 2 fully saturated rings. The Kier molecular flexibility index (Phi) is 7.38. The van der Waals surface area contributed by atoms with Crippen molar-refractivity contribution in [2.75, 3.05) is 20.1 Å². The molecule has 8 nitrogen and oxygen atoms in total. The predicted octanol–water partition coefficient (Wildman–Crippen LogP) is 3.08. The van der Waals surface area contributed by atoms with E-state index in [4.69, 9.17) is 11.6 Å². The molecule has 1 unspecified atom stereocenters. The van der Waals surface area contributed by atoms with Gasteiger partial charge in [0.2, 0.25) is 11.8 Å². The average molecular weight is 484 g/mol. The van der Waals surface area contributed by atoms with Gasteiger partial charge in [0.25, 0.3) is 0 Å². The summed E-state index contributed by atoms with van der Waals surface area (Å²) in [7, 11) is 1.73. The predicted molar refractivity (Wildman–Crippen MR) is 129 cm³/mol. The van der Waals surface area contributed by atoms with Gasteiger partial charge in [-0.2, -0.15) is 0 Å². The lowest BCUT2D eigenvalue weighted by molar-refractivity contribution is -0.188. The Balaban J connectivity index is 1.59. The van der Waals surface area contributed by atoms with E-state index >= 15 is 0 Å². The molecule has 9 heteroatoms. The van der Waals surface area contributed by atoms with E-state index in [9.17, 15) is 14.4 Å². The van der Waals surface area contributed by atoms with E-state index in [-0.39, 0.29) is 30.9 Å². The Morgan fingerprint density at radius 3 is 2.44 bits per heavy atom. The van der Waals surface area contributed by atoms with E-state index in [2.05, 4.69) is 5.32 Å². The first-order valence-corrected chi connectivity index (χ1v) is 11.9. The molecular weight excluding hydrogens is 454 g/mol. The molecule has 34 heavy (non-hydrogen) atoms. The van der Waals surface area contributed by atoms with Crippen molar-refractivity contribution < 1.29 is 14.4 Å². The van der Waals surface area contributed by atoms with Crippen LogP contribution in [-0.4, -0.2) is 70.0 Å². The van der Waals surface area contributed by atoms with Gasteiger partial charge in [0.1, 0.15) is 12.2 Å². The van der Waals surface area contributed by atoms with E-state index < -0.39 is 12.2 Å². The first-order chi connectivity index (χ1) is 16.4. The third-order valence-corrected chi connectivity index (χ3v) is 6.53. The number of hydrogen-bond acceptors (Lipinski definition) is 4. The van der Waals surface area contributed by atoms with Crippen molar-refractivity contribution in [3.63, 3.8) is 0 Å². The van der Waals surface area contributed by atoms with Crippen LogP contribution in [0.25, 0.3) is 0 Å². The van der Waals surface area contributed by atoms with Gasteiger partial charge in [-0.25, -0.2) is 14.8 Å². The van der Waals surface area contributed by atoms with Gasteiger partial charge >= 0.3 is 6.03 Å². The maximum atomic E-state index is 13.4. The van der Waals surface area contributed by atoms with Gasteiger partial charge in [0.05, 0.1) is 13.1 Å². The van der Waals surface area contributed by atoms with Gasteiger partial charge < -0.3 is 15.1 Å². The lowest BCUT2D eigenvalue weighted by atomic mass is 10.0. The fourth-order valence-electron chi connectivity index (χ4n) is 4.66. The Labute approximate surface area is 205 Å². The maximum absolute atomic E-state index is 13.4. The summed E-state index contributed by atoms with van der Waals surface area (Å²) >= 11 is 6.02. The lowest BCUT2D eigenvalue weighted by Gasteiger charge is -2.54. The molecule has 0 aliphatic carbocycles. The van der Waals surface area contributed by atoms with Gasteiger partial charge in [-0.05, 0) is 29.7 Å². The molecular formula is C25H30ClN5O3. The smallest absolute Gasteiger partial charge is 0.333 e. The number of halogens is 1. The van der Waals surface area contributed by atoms with Crippen LogP contribution in [0.2, 0.25) is 5.02 Å². The van der Waals surface area contributed by atoms with Crippen molar-refractivity contribution in [3.8, 4) is 0 Å². The van der Waals surface area contributed by atoms with E-state index in [1.807, 2.05) is 49.4 Å². The molecule has 2 aromatic carbocycles. The summed E-state index contributed by atoms with van der Waals surface area (Å²) in [6.45, 7) is 3.02. The van der Waals surface area contributed by atoms with E-state index in [0.717, 1.165) is 17.5 Å². The van der Waals surface area contributed by atoms with Gasteiger partial charge in [-0.3, -0.25) is 9.59 Å². The molecule has 2 aromatic rings. The molecule has 1 N–H and O–H groups in total. The summed E-state index contributed by atoms with van der Waals surface area (Å²) in [4.78, 5) is 43.2. The largest absolute Gasteiger partial charge is 0.334 e.